The van der Waals surface area contributed by atoms with E-state index in [2.05, 4.69) is 10.3 Å². The van der Waals surface area contributed by atoms with Crippen molar-refractivity contribution in [3.8, 4) is 0 Å². The minimum atomic E-state index is 0.632. The van der Waals surface area contributed by atoms with Crippen molar-refractivity contribution >= 4 is 17.6 Å². The number of hydrogen-bond acceptors (Lipinski definition) is 4. The average Bonchev–Trinajstić information content (AvgIpc) is 2.61. The molecule has 0 saturated heterocycles. The maximum absolute atomic E-state index is 4.71. The van der Waals surface area contributed by atoms with Crippen LogP contribution in [-0.4, -0.2) is 17.0 Å². The van der Waals surface area contributed by atoms with Gasteiger partial charge in [-0.1, -0.05) is 6.42 Å². The summed E-state index contributed by atoms with van der Waals surface area (Å²) in [5, 5.41) is 3.21. The Morgan fingerprint density at radius 3 is 2.80 bits per heavy atom. The highest BCUT2D eigenvalue weighted by Gasteiger charge is 2.26. The lowest BCUT2D eigenvalue weighted by atomic mass is 9.85. The molecular formula is C11H15N3S. The highest BCUT2D eigenvalue weighted by atomic mass is 32.2. The fraction of sp³-hybridized carbons (Fsp3) is 0.636. The molecule has 0 amide bonds. The summed E-state index contributed by atoms with van der Waals surface area (Å²) in [5.41, 5.74) is 2.59. The summed E-state index contributed by atoms with van der Waals surface area (Å²) in [5.74, 6) is 4.90. The van der Waals surface area contributed by atoms with Crippen LogP contribution in [0, 0.1) is 0 Å². The first-order valence-corrected chi connectivity index (χ1v) is 6.69. The van der Waals surface area contributed by atoms with E-state index in [1.54, 1.807) is 0 Å². The Bertz CT molecular complexity index is 388. The Morgan fingerprint density at radius 2 is 2.13 bits per heavy atom. The molecule has 1 aliphatic carbocycles. The molecular weight excluding hydrogens is 206 g/mol. The van der Waals surface area contributed by atoms with Crippen molar-refractivity contribution in [2.75, 3.05) is 12.4 Å². The second kappa shape index (κ2) is 3.67. The quantitative estimate of drug-likeness (QED) is 0.832. The van der Waals surface area contributed by atoms with E-state index in [9.17, 15) is 0 Å². The molecule has 1 fully saturated rings. The number of thioether (sulfide) groups is 1. The lowest BCUT2D eigenvalue weighted by Gasteiger charge is -2.24. The zero-order valence-electron chi connectivity index (χ0n) is 8.92. The van der Waals surface area contributed by atoms with Crippen LogP contribution in [0.4, 0.5) is 5.82 Å². The zero-order chi connectivity index (χ0) is 10.3. The first kappa shape index (κ1) is 9.46. The Balaban J connectivity index is 2.02. The van der Waals surface area contributed by atoms with E-state index in [-0.39, 0.29) is 0 Å². The van der Waals surface area contributed by atoms with E-state index in [0.717, 1.165) is 23.1 Å². The van der Waals surface area contributed by atoms with E-state index >= 15 is 0 Å². The lowest BCUT2D eigenvalue weighted by molar-refractivity contribution is 0.401. The van der Waals surface area contributed by atoms with Gasteiger partial charge in [0.15, 0.2) is 0 Å². The molecule has 2 aliphatic rings. The van der Waals surface area contributed by atoms with Gasteiger partial charge in [0, 0.05) is 30.0 Å². The van der Waals surface area contributed by atoms with Crippen molar-refractivity contribution in [3.63, 3.8) is 0 Å². The molecule has 15 heavy (non-hydrogen) atoms. The third-order valence-electron chi connectivity index (χ3n) is 3.30. The standard InChI is InChI=1S/C11H15N3S/c1-12-11-8-5-15-6-9(8)13-10(14-11)7-3-2-4-7/h7H,2-6H2,1H3,(H,12,13,14). The molecule has 0 aromatic carbocycles. The van der Waals surface area contributed by atoms with Gasteiger partial charge < -0.3 is 5.32 Å². The highest BCUT2D eigenvalue weighted by Crippen LogP contribution is 2.38. The monoisotopic (exact) mass is 221 g/mol. The van der Waals surface area contributed by atoms with Gasteiger partial charge in [0.1, 0.15) is 11.6 Å². The van der Waals surface area contributed by atoms with Crippen LogP contribution >= 0.6 is 11.8 Å². The minimum Gasteiger partial charge on any atom is -0.373 e. The molecule has 0 atom stereocenters. The molecule has 4 heteroatoms. The zero-order valence-corrected chi connectivity index (χ0v) is 9.73. The molecule has 3 rings (SSSR count). The third-order valence-corrected chi connectivity index (χ3v) is 4.27. The molecule has 1 N–H and O–H groups in total. The Labute approximate surface area is 94.1 Å². The number of rotatable bonds is 2. The summed E-state index contributed by atoms with van der Waals surface area (Å²) in [6, 6.07) is 0. The van der Waals surface area contributed by atoms with Crippen molar-refractivity contribution in [1.29, 1.82) is 0 Å². The summed E-state index contributed by atoms with van der Waals surface area (Å²) in [6.45, 7) is 0. The van der Waals surface area contributed by atoms with E-state index < -0.39 is 0 Å². The first-order chi connectivity index (χ1) is 7.38. The van der Waals surface area contributed by atoms with Gasteiger partial charge in [0.05, 0.1) is 5.69 Å². The second-order valence-electron chi connectivity index (χ2n) is 4.23. The van der Waals surface area contributed by atoms with Crippen molar-refractivity contribution in [2.45, 2.75) is 36.7 Å². The van der Waals surface area contributed by atoms with Crippen molar-refractivity contribution in [1.82, 2.24) is 9.97 Å². The van der Waals surface area contributed by atoms with Crippen LogP contribution in [0.2, 0.25) is 0 Å². The van der Waals surface area contributed by atoms with Gasteiger partial charge in [-0.2, -0.15) is 11.8 Å². The molecule has 1 aromatic heterocycles. The van der Waals surface area contributed by atoms with Gasteiger partial charge in [0.2, 0.25) is 0 Å². The Hall–Kier alpha value is -0.770. The van der Waals surface area contributed by atoms with Crippen molar-refractivity contribution in [2.24, 2.45) is 0 Å². The second-order valence-corrected chi connectivity index (χ2v) is 5.21. The number of nitrogens with zero attached hydrogens (tertiary/aromatic N) is 2. The van der Waals surface area contributed by atoms with Crippen LogP contribution in [0.15, 0.2) is 0 Å². The van der Waals surface area contributed by atoms with Crippen LogP contribution in [-0.2, 0) is 11.5 Å². The van der Waals surface area contributed by atoms with Crippen LogP contribution < -0.4 is 5.32 Å². The third kappa shape index (κ3) is 1.51. The molecule has 0 spiro atoms. The normalized spacial score (nSPS) is 19.8. The predicted molar refractivity (Wildman–Crippen MR) is 63.2 cm³/mol. The van der Waals surface area contributed by atoms with E-state index in [4.69, 9.17) is 4.98 Å². The van der Waals surface area contributed by atoms with E-state index in [1.807, 2.05) is 18.8 Å². The highest BCUT2D eigenvalue weighted by molar-refractivity contribution is 7.98. The molecule has 1 saturated carbocycles. The van der Waals surface area contributed by atoms with Crippen LogP contribution in [0.3, 0.4) is 0 Å². The number of anilines is 1. The van der Waals surface area contributed by atoms with E-state index in [0.29, 0.717) is 5.92 Å². The maximum Gasteiger partial charge on any atom is 0.134 e. The predicted octanol–water partition coefficient (Wildman–Crippen LogP) is 2.53. The summed E-state index contributed by atoms with van der Waals surface area (Å²) in [4.78, 5) is 9.36. The fourth-order valence-corrected chi connectivity index (χ4v) is 3.17. The molecule has 0 bridgehead atoms. The van der Waals surface area contributed by atoms with Crippen molar-refractivity contribution < 1.29 is 0 Å². The Morgan fingerprint density at radius 1 is 1.27 bits per heavy atom. The van der Waals surface area contributed by atoms with Gasteiger partial charge in [-0.25, -0.2) is 9.97 Å². The molecule has 80 valence electrons. The summed E-state index contributed by atoms with van der Waals surface area (Å²) in [7, 11) is 1.95. The number of aromatic nitrogens is 2. The van der Waals surface area contributed by atoms with Gasteiger partial charge >= 0.3 is 0 Å². The van der Waals surface area contributed by atoms with Crippen molar-refractivity contribution in [3.05, 3.63) is 17.1 Å². The Kier molecular flexibility index (Phi) is 2.31. The molecule has 1 aliphatic heterocycles. The molecule has 3 nitrogen and oxygen atoms in total. The molecule has 1 aromatic rings. The summed E-state index contributed by atoms with van der Waals surface area (Å²) >= 11 is 1.94. The number of hydrogen-bond donors (Lipinski definition) is 1. The van der Waals surface area contributed by atoms with Gasteiger partial charge in [-0.05, 0) is 12.8 Å². The maximum atomic E-state index is 4.71. The van der Waals surface area contributed by atoms with Gasteiger partial charge in [0.25, 0.3) is 0 Å². The first-order valence-electron chi connectivity index (χ1n) is 5.53. The van der Waals surface area contributed by atoms with Gasteiger partial charge in [-0.15, -0.1) is 0 Å². The van der Waals surface area contributed by atoms with Crippen LogP contribution in [0.5, 0.6) is 0 Å². The molecule has 0 unspecified atom stereocenters. The smallest absolute Gasteiger partial charge is 0.134 e. The number of nitrogens with one attached hydrogen (secondary N) is 1. The summed E-state index contributed by atoms with van der Waals surface area (Å²) < 4.78 is 0. The number of fused-ring (bicyclic) bond motifs is 1. The van der Waals surface area contributed by atoms with Gasteiger partial charge in [-0.3, -0.25) is 0 Å². The largest absolute Gasteiger partial charge is 0.373 e. The molecule has 0 radical (unpaired) electrons. The molecule has 2 heterocycles. The minimum absolute atomic E-state index is 0.632. The lowest BCUT2D eigenvalue weighted by Crippen LogP contribution is -2.15. The van der Waals surface area contributed by atoms with E-state index in [1.165, 1.54) is 30.5 Å². The fourth-order valence-electron chi connectivity index (χ4n) is 2.13. The summed E-state index contributed by atoms with van der Waals surface area (Å²) in [6.07, 6.45) is 3.89. The average molecular weight is 221 g/mol. The SMILES string of the molecule is CNc1nc(C2CCC2)nc2c1CSC2. The van der Waals surface area contributed by atoms with Crippen LogP contribution in [0.25, 0.3) is 0 Å². The topological polar surface area (TPSA) is 37.8 Å². The van der Waals surface area contributed by atoms with Crippen LogP contribution in [0.1, 0.15) is 42.3 Å².